The van der Waals surface area contributed by atoms with Gasteiger partial charge in [0, 0.05) is 9.58 Å². The van der Waals surface area contributed by atoms with Gasteiger partial charge in [-0.2, -0.15) is 0 Å². The topological polar surface area (TPSA) is 63.2 Å². The van der Waals surface area contributed by atoms with Crippen LogP contribution >= 0.6 is 11.3 Å². The number of hydrogen-bond acceptors (Lipinski definition) is 4. The van der Waals surface area contributed by atoms with E-state index in [4.69, 9.17) is 0 Å². The average Bonchev–Trinajstić information content (AvgIpc) is 2.98. The third-order valence-corrected chi connectivity index (χ3v) is 6.40. The molecule has 4 nitrogen and oxygen atoms in total. The zero-order valence-corrected chi connectivity index (χ0v) is 12.5. The van der Waals surface area contributed by atoms with Crippen LogP contribution < -0.4 is 5.32 Å². The minimum Gasteiger partial charge on any atom is -0.351 e. The van der Waals surface area contributed by atoms with Crippen LogP contribution in [-0.4, -0.2) is 25.8 Å². The second-order valence-corrected chi connectivity index (χ2v) is 8.47. The molecule has 1 aliphatic rings. The predicted molar refractivity (Wildman–Crippen MR) is 80.4 cm³/mol. The van der Waals surface area contributed by atoms with Crippen molar-refractivity contribution in [2.24, 2.45) is 5.92 Å². The molecule has 0 bridgehead atoms. The van der Waals surface area contributed by atoms with Crippen LogP contribution in [0.3, 0.4) is 0 Å². The summed E-state index contributed by atoms with van der Waals surface area (Å²) in [5.41, 5.74) is 0. The largest absolute Gasteiger partial charge is 0.351 e. The smallest absolute Gasteiger partial charge is 0.224 e. The summed E-state index contributed by atoms with van der Waals surface area (Å²) in [5, 5.41) is 4.02. The Labute approximate surface area is 121 Å². The first-order valence-electron chi connectivity index (χ1n) is 6.49. The van der Waals surface area contributed by atoms with Gasteiger partial charge in [0.25, 0.3) is 0 Å². The van der Waals surface area contributed by atoms with Crippen molar-refractivity contribution in [3.05, 3.63) is 35.2 Å². The molecule has 1 atom stereocenters. The molecule has 6 heteroatoms. The Morgan fingerprint density at radius 1 is 1.35 bits per heavy atom. The van der Waals surface area contributed by atoms with E-state index in [1.165, 1.54) is 10.1 Å². The average molecular weight is 309 g/mol. The molecule has 1 N–H and O–H groups in total. The Kier molecular flexibility index (Phi) is 3.52. The Morgan fingerprint density at radius 2 is 2.15 bits per heavy atom. The fraction of sp³-hybridized carbons (Fsp3) is 0.357. The second kappa shape index (κ2) is 5.18. The van der Waals surface area contributed by atoms with Gasteiger partial charge in [0.2, 0.25) is 5.91 Å². The first-order chi connectivity index (χ1) is 9.53. The van der Waals surface area contributed by atoms with Crippen LogP contribution in [-0.2, 0) is 21.2 Å². The highest BCUT2D eigenvalue weighted by atomic mass is 32.2. The Hall–Kier alpha value is -1.40. The molecule has 1 amide bonds. The van der Waals surface area contributed by atoms with Crippen LogP contribution in [0.2, 0.25) is 0 Å². The van der Waals surface area contributed by atoms with E-state index >= 15 is 0 Å². The summed E-state index contributed by atoms with van der Waals surface area (Å²) >= 11 is 1.65. The maximum atomic E-state index is 12.0. The molecular formula is C14H15NO3S2. The van der Waals surface area contributed by atoms with Crippen LogP contribution in [0.1, 0.15) is 11.3 Å². The van der Waals surface area contributed by atoms with Crippen LogP contribution in [0.25, 0.3) is 10.1 Å². The van der Waals surface area contributed by atoms with E-state index in [2.05, 4.69) is 17.4 Å². The summed E-state index contributed by atoms with van der Waals surface area (Å²) in [6.45, 7) is 0.467. The lowest BCUT2D eigenvalue weighted by Gasteiger charge is -2.07. The summed E-state index contributed by atoms with van der Waals surface area (Å²) in [4.78, 5) is 13.0. The van der Waals surface area contributed by atoms with E-state index in [0.717, 1.165) is 4.88 Å². The zero-order valence-electron chi connectivity index (χ0n) is 10.8. The highest BCUT2D eigenvalue weighted by Gasteiger charge is 2.32. The van der Waals surface area contributed by atoms with E-state index in [9.17, 15) is 13.2 Å². The number of hydrogen-bond donors (Lipinski definition) is 1. The Morgan fingerprint density at radius 3 is 2.85 bits per heavy atom. The highest BCUT2D eigenvalue weighted by molar-refractivity contribution is 7.91. The Balaban J connectivity index is 1.63. The van der Waals surface area contributed by atoms with Crippen molar-refractivity contribution in [3.8, 4) is 0 Å². The van der Waals surface area contributed by atoms with E-state index in [1.54, 1.807) is 11.3 Å². The van der Waals surface area contributed by atoms with Crippen molar-refractivity contribution < 1.29 is 13.2 Å². The Bertz CT molecular complexity index is 716. The number of sulfone groups is 1. The minimum absolute atomic E-state index is 0.00868. The van der Waals surface area contributed by atoms with Gasteiger partial charge in [0.05, 0.1) is 24.0 Å². The van der Waals surface area contributed by atoms with Crippen molar-refractivity contribution in [2.45, 2.75) is 13.0 Å². The van der Waals surface area contributed by atoms with Gasteiger partial charge in [-0.15, -0.1) is 11.3 Å². The molecule has 0 saturated carbocycles. The van der Waals surface area contributed by atoms with E-state index in [-0.39, 0.29) is 23.3 Å². The van der Waals surface area contributed by atoms with Gasteiger partial charge < -0.3 is 5.32 Å². The second-order valence-electron chi connectivity index (χ2n) is 5.07. The molecule has 0 aliphatic carbocycles. The zero-order chi connectivity index (χ0) is 14.2. The first kappa shape index (κ1) is 13.6. The van der Waals surface area contributed by atoms with Gasteiger partial charge >= 0.3 is 0 Å². The third kappa shape index (κ3) is 2.86. The van der Waals surface area contributed by atoms with Gasteiger partial charge in [0.15, 0.2) is 9.84 Å². The van der Waals surface area contributed by atoms with Gasteiger partial charge in [-0.3, -0.25) is 4.79 Å². The van der Waals surface area contributed by atoms with Crippen LogP contribution in [0.15, 0.2) is 30.3 Å². The summed E-state index contributed by atoms with van der Waals surface area (Å²) < 4.78 is 23.9. The number of carbonyl (C=O) groups is 1. The van der Waals surface area contributed by atoms with E-state index in [0.29, 0.717) is 13.0 Å². The monoisotopic (exact) mass is 309 g/mol. The van der Waals surface area contributed by atoms with Gasteiger partial charge in [-0.1, -0.05) is 18.2 Å². The van der Waals surface area contributed by atoms with Crippen molar-refractivity contribution in [1.29, 1.82) is 0 Å². The number of thiophene rings is 1. The van der Waals surface area contributed by atoms with Crippen molar-refractivity contribution in [2.75, 3.05) is 11.5 Å². The van der Waals surface area contributed by atoms with Crippen molar-refractivity contribution in [1.82, 2.24) is 5.32 Å². The quantitative estimate of drug-likeness (QED) is 0.942. The lowest BCUT2D eigenvalue weighted by atomic mass is 10.1. The molecule has 0 spiro atoms. The molecule has 2 heterocycles. The lowest BCUT2D eigenvalue weighted by Crippen LogP contribution is -2.30. The number of rotatable bonds is 3. The normalized spacial score (nSPS) is 21.1. The molecule has 0 radical (unpaired) electrons. The molecular weight excluding hydrogens is 294 g/mol. The molecule has 1 aromatic heterocycles. The number of amides is 1. The summed E-state index contributed by atoms with van der Waals surface area (Å²) in [6.07, 6.45) is 0.445. The number of carbonyl (C=O) groups excluding carboxylic acids is 1. The van der Waals surface area contributed by atoms with Gasteiger partial charge in [0.1, 0.15) is 0 Å². The molecule has 1 aromatic carbocycles. The fourth-order valence-electron chi connectivity index (χ4n) is 2.44. The lowest BCUT2D eigenvalue weighted by molar-refractivity contribution is -0.124. The molecule has 3 rings (SSSR count). The fourth-order valence-corrected chi connectivity index (χ4v) is 5.19. The summed E-state index contributed by atoms with van der Waals surface area (Å²) in [5.74, 6) is -0.405. The van der Waals surface area contributed by atoms with Gasteiger partial charge in [-0.25, -0.2) is 8.42 Å². The molecule has 1 fully saturated rings. The summed E-state index contributed by atoms with van der Waals surface area (Å²) in [7, 11) is -3.00. The molecule has 106 valence electrons. The maximum absolute atomic E-state index is 12.0. The van der Waals surface area contributed by atoms with Gasteiger partial charge in [-0.05, 0) is 23.9 Å². The third-order valence-electron chi connectivity index (χ3n) is 3.52. The van der Waals surface area contributed by atoms with E-state index in [1.807, 2.05) is 18.2 Å². The standard InChI is InChI=1S/C14H15NO3S2/c16-14(11-5-6-20(17,18)9-11)15-8-12-7-10-3-1-2-4-13(10)19-12/h1-4,7,11H,5-6,8-9H2,(H,15,16)/t11-/m0/s1. The molecule has 20 heavy (non-hydrogen) atoms. The highest BCUT2D eigenvalue weighted by Crippen LogP contribution is 2.25. The minimum atomic E-state index is -3.00. The van der Waals surface area contributed by atoms with Crippen LogP contribution in [0, 0.1) is 5.92 Å². The molecule has 1 aliphatic heterocycles. The van der Waals surface area contributed by atoms with Crippen LogP contribution in [0.5, 0.6) is 0 Å². The summed E-state index contributed by atoms with van der Waals surface area (Å²) in [6, 6.07) is 10.1. The number of fused-ring (bicyclic) bond motifs is 1. The van der Waals surface area contributed by atoms with Crippen LogP contribution in [0.4, 0.5) is 0 Å². The molecule has 1 saturated heterocycles. The maximum Gasteiger partial charge on any atom is 0.224 e. The van der Waals surface area contributed by atoms with Crippen molar-refractivity contribution >= 4 is 37.2 Å². The predicted octanol–water partition coefficient (Wildman–Crippen LogP) is 1.95. The molecule has 0 unspecified atom stereocenters. The van der Waals surface area contributed by atoms with E-state index < -0.39 is 9.84 Å². The first-order valence-corrected chi connectivity index (χ1v) is 9.13. The SMILES string of the molecule is O=C(NCc1cc2ccccc2s1)[C@H]1CCS(=O)(=O)C1. The van der Waals surface area contributed by atoms with Crippen molar-refractivity contribution in [3.63, 3.8) is 0 Å². The number of benzene rings is 1. The molecule has 2 aromatic rings. The number of nitrogens with one attached hydrogen (secondary N) is 1.